The molecule has 0 radical (unpaired) electrons. The van der Waals surface area contributed by atoms with Gasteiger partial charge in [0.25, 0.3) is 10.0 Å². The van der Waals surface area contributed by atoms with E-state index >= 15 is 0 Å². The molecular formula is C11H12N2O4S. The molecule has 1 atom stereocenters. The van der Waals surface area contributed by atoms with Crippen molar-refractivity contribution in [3.8, 4) is 12.3 Å². The minimum absolute atomic E-state index is 0.0781. The molecule has 0 bridgehead atoms. The topological polar surface area (TPSA) is 96.4 Å². The third-order valence-electron chi connectivity index (χ3n) is 2.04. The van der Waals surface area contributed by atoms with Gasteiger partial charge in [0, 0.05) is 18.7 Å². The van der Waals surface area contributed by atoms with Crippen molar-refractivity contribution < 1.29 is 18.3 Å². The van der Waals surface area contributed by atoms with Gasteiger partial charge < -0.3 is 5.11 Å². The van der Waals surface area contributed by atoms with E-state index in [1.165, 1.54) is 6.07 Å². The zero-order chi connectivity index (χ0) is 13.8. The third-order valence-corrected chi connectivity index (χ3v) is 3.54. The lowest BCUT2D eigenvalue weighted by Gasteiger charge is -2.10. The minimum Gasteiger partial charge on any atom is -0.478 e. The highest BCUT2D eigenvalue weighted by atomic mass is 32.2. The maximum Gasteiger partial charge on any atom is 0.337 e. The molecule has 1 unspecified atom stereocenters. The second-order valence-corrected chi connectivity index (χ2v) is 5.28. The largest absolute Gasteiger partial charge is 0.478 e. The number of carboxylic acid groups (broad SMARTS) is 1. The van der Waals surface area contributed by atoms with E-state index in [0.29, 0.717) is 0 Å². The summed E-state index contributed by atoms with van der Waals surface area (Å²) in [6.07, 6.45) is 6.32. The number of aromatic nitrogens is 1. The monoisotopic (exact) mass is 268 g/mol. The van der Waals surface area contributed by atoms with Crippen molar-refractivity contribution in [1.29, 1.82) is 0 Å². The number of nitrogens with one attached hydrogen (secondary N) is 1. The van der Waals surface area contributed by atoms with Gasteiger partial charge in [0.15, 0.2) is 5.03 Å². The number of aromatic carboxylic acids is 1. The van der Waals surface area contributed by atoms with Crippen LogP contribution in [0.3, 0.4) is 0 Å². The first-order chi connectivity index (χ1) is 8.36. The molecule has 1 aromatic heterocycles. The molecule has 0 aromatic carbocycles. The van der Waals surface area contributed by atoms with Gasteiger partial charge in [-0.2, -0.15) is 0 Å². The minimum atomic E-state index is -3.77. The van der Waals surface area contributed by atoms with Crippen LogP contribution < -0.4 is 4.72 Å². The second kappa shape index (κ2) is 5.62. The lowest BCUT2D eigenvalue weighted by Crippen LogP contribution is -2.32. The first-order valence-corrected chi connectivity index (χ1v) is 6.50. The Hall–Kier alpha value is -1.91. The smallest absolute Gasteiger partial charge is 0.337 e. The molecule has 96 valence electrons. The normalized spacial score (nSPS) is 12.7. The molecule has 1 rings (SSSR count). The summed E-state index contributed by atoms with van der Waals surface area (Å²) in [5, 5.41) is 8.43. The Morgan fingerprint density at radius 3 is 2.72 bits per heavy atom. The van der Waals surface area contributed by atoms with Gasteiger partial charge in [0.2, 0.25) is 0 Å². The Labute approximate surface area is 105 Å². The number of rotatable bonds is 5. The van der Waals surface area contributed by atoms with Gasteiger partial charge in [-0.15, -0.1) is 12.3 Å². The van der Waals surface area contributed by atoms with Crippen LogP contribution in [0.15, 0.2) is 23.4 Å². The van der Waals surface area contributed by atoms with E-state index in [1.54, 1.807) is 6.92 Å². The van der Waals surface area contributed by atoms with Gasteiger partial charge in [-0.25, -0.2) is 22.9 Å². The molecule has 1 aromatic rings. The van der Waals surface area contributed by atoms with E-state index in [9.17, 15) is 13.2 Å². The lowest BCUT2D eigenvalue weighted by molar-refractivity contribution is 0.0696. The van der Waals surface area contributed by atoms with Crippen LogP contribution in [0.2, 0.25) is 0 Å². The molecule has 0 amide bonds. The number of carbonyl (C=O) groups is 1. The molecular weight excluding hydrogens is 256 g/mol. The maximum absolute atomic E-state index is 11.8. The van der Waals surface area contributed by atoms with Gasteiger partial charge in [-0.1, -0.05) is 0 Å². The summed E-state index contributed by atoms with van der Waals surface area (Å²) in [5.74, 6) is 1.17. The van der Waals surface area contributed by atoms with Crippen LogP contribution in [0.5, 0.6) is 0 Å². The van der Waals surface area contributed by atoms with Crippen LogP contribution in [0, 0.1) is 12.3 Å². The Morgan fingerprint density at radius 2 is 2.28 bits per heavy atom. The molecule has 2 N–H and O–H groups in total. The van der Waals surface area contributed by atoms with Gasteiger partial charge in [0.1, 0.15) is 0 Å². The number of pyridine rings is 1. The van der Waals surface area contributed by atoms with Crippen LogP contribution in [0.4, 0.5) is 0 Å². The SMILES string of the molecule is C#CCC(C)NS(=O)(=O)c1ccc(C(=O)O)cn1. The number of sulfonamides is 1. The Morgan fingerprint density at radius 1 is 1.61 bits per heavy atom. The van der Waals surface area contributed by atoms with E-state index < -0.39 is 22.0 Å². The Kier molecular flexibility index (Phi) is 4.42. The summed E-state index contributed by atoms with van der Waals surface area (Å²) in [5.41, 5.74) is -0.0781. The highest BCUT2D eigenvalue weighted by Crippen LogP contribution is 2.08. The van der Waals surface area contributed by atoms with Crippen LogP contribution in [0.1, 0.15) is 23.7 Å². The van der Waals surface area contributed by atoms with Gasteiger partial charge in [-0.05, 0) is 19.1 Å². The average Bonchev–Trinajstić information content (AvgIpc) is 2.28. The van der Waals surface area contributed by atoms with Crippen molar-refractivity contribution in [2.24, 2.45) is 0 Å². The molecule has 6 nitrogen and oxygen atoms in total. The standard InChI is InChI=1S/C11H12N2O4S/c1-3-4-8(2)13-18(16,17)10-6-5-9(7-12-10)11(14)15/h1,5-8,13H,4H2,2H3,(H,14,15). The molecule has 0 aliphatic rings. The van der Waals surface area contributed by atoms with Crippen LogP contribution in [0.25, 0.3) is 0 Å². The van der Waals surface area contributed by atoms with Crippen molar-refractivity contribution >= 4 is 16.0 Å². The lowest BCUT2D eigenvalue weighted by atomic mass is 10.3. The summed E-state index contributed by atoms with van der Waals surface area (Å²) in [7, 11) is -3.77. The Balaban J connectivity index is 2.92. The van der Waals surface area contributed by atoms with Crippen molar-refractivity contribution in [3.63, 3.8) is 0 Å². The third kappa shape index (κ3) is 3.55. The fraction of sp³-hybridized carbons (Fsp3) is 0.273. The number of hydrogen-bond acceptors (Lipinski definition) is 4. The van der Waals surface area contributed by atoms with Gasteiger partial charge in [0.05, 0.1) is 5.56 Å². The molecule has 0 spiro atoms. The van der Waals surface area contributed by atoms with Crippen molar-refractivity contribution in [2.75, 3.05) is 0 Å². The zero-order valence-electron chi connectivity index (χ0n) is 9.62. The fourth-order valence-corrected chi connectivity index (χ4v) is 2.38. The van der Waals surface area contributed by atoms with E-state index in [-0.39, 0.29) is 17.0 Å². The predicted octanol–water partition coefficient (Wildman–Crippen LogP) is 0.470. The predicted molar refractivity (Wildman–Crippen MR) is 64.4 cm³/mol. The van der Waals surface area contributed by atoms with E-state index in [4.69, 9.17) is 11.5 Å². The Bertz CT molecular complexity index is 572. The van der Waals surface area contributed by atoms with Crippen molar-refractivity contribution in [3.05, 3.63) is 23.9 Å². The van der Waals surface area contributed by atoms with E-state index in [0.717, 1.165) is 12.3 Å². The van der Waals surface area contributed by atoms with Crippen molar-refractivity contribution in [1.82, 2.24) is 9.71 Å². The molecule has 0 aliphatic heterocycles. The molecule has 0 saturated heterocycles. The quantitative estimate of drug-likeness (QED) is 0.757. The highest BCUT2D eigenvalue weighted by molar-refractivity contribution is 7.89. The first kappa shape index (κ1) is 14.2. The molecule has 7 heteroatoms. The number of nitrogens with zero attached hydrogens (tertiary/aromatic N) is 1. The number of hydrogen-bond donors (Lipinski definition) is 2. The van der Waals surface area contributed by atoms with Crippen molar-refractivity contribution in [2.45, 2.75) is 24.4 Å². The molecule has 18 heavy (non-hydrogen) atoms. The summed E-state index contributed by atoms with van der Waals surface area (Å²) in [6, 6.07) is 1.89. The van der Waals surface area contributed by atoms with Crippen LogP contribution in [-0.2, 0) is 10.0 Å². The fourth-order valence-electron chi connectivity index (χ4n) is 1.21. The van der Waals surface area contributed by atoms with E-state index in [1.807, 2.05) is 0 Å². The van der Waals surface area contributed by atoms with Gasteiger partial charge >= 0.3 is 5.97 Å². The zero-order valence-corrected chi connectivity index (χ0v) is 10.4. The molecule has 0 fully saturated rings. The summed E-state index contributed by atoms with van der Waals surface area (Å²) < 4.78 is 26.0. The summed E-state index contributed by atoms with van der Waals surface area (Å²) >= 11 is 0. The number of terminal acetylenes is 1. The average molecular weight is 268 g/mol. The first-order valence-electron chi connectivity index (χ1n) is 5.02. The van der Waals surface area contributed by atoms with Crippen LogP contribution >= 0.6 is 0 Å². The molecule has 0 saturated carbocycles. The van der Waals surface area contributed by atoms with Gasteiger partial charge in [-0.3, -0.25) is 0 Å². The molecule has 0 aliphatic carbocycles. The second-order valence-electron chi connectivity index (χ2n) is 3.62. The van der Waals surface area contributed by atoms with Crippen LogP contribution in [-0.4, -0.2) is 30.5 Å². The highest BCUT2D eigenvalue weighted by Gasteiger charge is 2.18. The molecule has 1 heterocycles. The number of carboxylic acids is 1. The maximum atomic E-state index is 11.8. The van der Waals surface area contributed by atoms with E-state index in [2.05, 4.69) is 15.6 Å². The summed E-state index contributed by atoms with van der Waals surface area (Å²) in [4.78, 5) is 14.2. The summed E-state index contributed by atoms with van der Waals surface area (Å²) in [6.45, 7) is 1.63.